The summed E-state index contributed by atoms with van der Waals surface area (Å²) in [5, 5.41) is 7.16. The van der Waals surface area contributed by atoms with Gasteiger partial charge in [0.1, 0.15) is 11.4 Å². The molecule has 4 aromatic rings. The number of thiophene rings is 1. The molecule has 0 aliphatic heterocycles. The van der Waals surface area contributed by atoms with Crippen LogP contribution in [0, 0.1) is 0 Å². The minimum absolute atomic E-state index is 0.209. The molecule has 1 aromatic carbocycles. The average molecular weight is 360 g/mol. The number of anilines is 1. The highest BCUT2D eigenvalue weighted by molar-refractivity contribution is 7.15. The van der Waals surface area contributed by atoms with Crippen molar-refractivity contribution in [2.75, 3.05) is 5.32 Å². The first-order chi connectivity index (χ1) is 11.2. The fourth-order valence-corrected chi connectivity index (χ4v) is 3.96. The summed E-state index contributed by atoms with van der Waals surface area (Å²) in [5.41, 5.74) is 2.01. The lowest BCUT2D eigenvalue weighted by Crippen LogP contribution is -2.14. The Labute approximate surface area is 145 Å². The molecule has 23 heavy (non-hydrogen) atoms. The molecule has 0 radical (unpaired) electrons. The molecule has 114 valence electrons. The molecule has 0 atom stereocenters. The highest BCUT2D eigenvalue weighted by atomic mass is 35.5. The van der Waals surface area contributed by atoms with Gasteiger partial charge in [0.15, 0.2) is 4.96 Å². The summed E-state index contributed by atoms with van der Waals surface area (Å²) in [5.74, 6) is -0.209. The highest BCUT2D eigenvalue weighted by Gasteiger charge is 2.16. The number of fused-ring (bicyclic) bond motifs is 1. The number of carbonyl (C=O) groups excluding carboxylic acids is 1. The van der Waals surface area contributed by atoms with E-state index in [0.717, 1.165) is 15.5 Å². The van der Waals surface area contributed by atoms with Gasteiger partial charge in [-0.05, 0) is 23.6 Å². The Balaban J connectivity index is 1.69. The van der Waals surface area contributed by atoms with Crippen LogP contribution in [0.3, 0.4) is 0 Å². The standard InChI is InChI=1S/C16H10ClN3OS2/c17-10-4-1-2-5-11(10)18-15(21)13-9-23-16-19-12(8-20(13)16)14-6-3-7-22-14/h1-9H,(H,18,21). The van der Waals surface area contributed by atoms with E-state index in [9.17, 15) is 4.79 Å². The molecular weight excluding hydrogens is 350 g/mol. The van der Waals surface area contributed by atoms with Gasteiger partial charge in [0.05, 0.1) is 15.6 Å². The lowest BCUT2D eigenvalue weighted by atomic mass is 10.3. The minimum Gasteiger partial charge on any atom is -0.319 e. The molecule has 0 spiro atoms. The predicted octanol–water partition coefficient (Wildman–Crippen LogP) is 5.03. The summed E-state index contributed by atoms with van der Waals surface area (Å²) in [6.45, 7) is 0. The average Bonchev–Trinajstić information content (AvgIpc) is 3.25. The van der Waals surface area contributed by atoms with Crippen LogP contribution in [0.1, 0.15) is 10.5 Å². The van der Waals surface area contributed by atoms with E-state index in [1.807, 2.05) is 40.2 Å². The molecule has 1 N–H and O–H groups in total. The number of para-hydroxylation sites is 1. The maximum Gasteiger partial charge on any atom is 0.273 e. The van der Waals surface area contributed by atoms with Crippen LogP contribution in [-0.4, -0.2) is 15.3 Å². The van der Waals surface area contributed by atoms with Gasteiger partial charge in [-0.1, -0.05) is 29.8 Å². The molecule has 4 rings (SSSR count). The first-order valence-corrected chi connectivity index (χ1v) is 8.92. The maximum atomic E-state index is 12.5. The third-order valence-corrected chi connectivity index (χ3v) is 5.40. The topological polar surface area (TPSA) is 46.4 Å². The zero-order chi connectivity index (χ0) is 15.8. The van der Waals surface area contributed by atoms with Gasteiger partial charge >= 0.3 is 0 Å². The van der Waals surface area contributed by atoms with Crippen LogP contribution >= 0.6 is 34.3 Å². The van der Waals surface area contributed by atoms with Crippen LogP contribution in [-0.2, 0) is 0 Å². The zero-order valence-corrected chi connectivity index (χ0v) is 14.1. The summed E-state index contributed by atoms with van der Waals surface area (Å²) < 4.78 is 1.81. The Hall–Kier alpha value is -2.15. The van der Waals surface area contributed by atoms with Crippen molar-refractivity contribution in [3.8, 4) is 10.6 Å². The van der Waals surface area contributed by atoms with Crippen LogP contribution in [0.25, 0.3) is 15.5 Å². The Morgan fingerprint density at radius 2 is 2.04 bits per heavy atom. The van der Waals surface area contributed by atoms with Gasteiger partial charge in [-0.15, -0.1) is 22.7 Å². The first kappa shape index (κ1) is 14.4. The van der Waals surface area contributed by atoms with E-state index < -0.39 is 0 Å². The maximum absolute atomic E-state index is 12.5. The van der Waals surface area contributed by atoms with Crippen molar-refractivity contribution in [2.24, 2.45) is 0 Å². The molecule has 0 fully saturated rings. The molecule has 1 amide bonds. The molecule has 3 aromatic heterocycles. The number of hydrogen-bond acceptors (Lipinski definition) is 4. The number of nitrogens with one attached hydrogen (secondary N) is 1. The third kappa shape index (κ3) is 2.65. The molecule has 0 bridgehead atoms. The SMILES string of the molecule is O=C(Nc1ccccc1Cl)c1csc2nc(-c3cccs3)cn12. The van der Waals surface area contributed by atoms with Gasteiger partial charge in [-0.3, -0.25) is 9.20 Å². The number of amides is 1. The summed E-state index contributed by atoms with van der Waals surface area (Å²) in [7, 11) is 0. The largest absolute Gasteiger partial charge is 0.319 e. The van der Waals surface area contributed by atoms with E-state index in [4.69, 9.17) is 11.6 Å². The van der Waals surface area contributed by atoms with E-state index in [0.29, 0.717) is 16.4 Å². The number of nitrogens with zero attached hydrogens (tertiary/aromatic N) is 2. The second-order valence-electron chi connectivity index (χ2n) is 4.81. The number of halogens is 1. The van der Waals surface area contributed by atoms with Crippen LogP contribution in [0.2, 0.25) is 5.02 Å². The minimum atomic E-state index is -0.209. The second-order valence-corrected chi connectivity index (χ2v) is 7.00. The number of imidazole rings is 1. The van der Waals surface area contributed by atoms with E-state index in [1.54, 1.807) is 28.8 Å². The number of thiazole rings is 1. The lowest BCUT2D eigenvalue weighted by Gasteiger charge is -2.05. The smallest absolute Gasteiger partial charge is 0.273 e. The Kier molecular flexibility index (Phi) is 3.65. The Bertz CT molecular complexity index is 988. The van der Waals surface area contributed by atoms with Crippen molar-refractivity contribution >= 4 is 50.8 Å². The summed E-state index contributed by atoms with van der Waals surface area (Å²) >= 11 is 9.15. The molecule has 0 aliphatic carbocycles. The number of benzene rings is 1. The van der Waals surface area contributed by atoms with Gasteiger partial charge < -0.3 is 5.32 Å². The van der Waals surface area contributed by atoms with Crippen molar-refractivity contribution in [3.05, 3.63) is 64.1 Å². The van der Waals surface area contributed by atoms with Crippen molar-refractivity contribution in [1.82, 2.24) is 9.38 Å². The molecule has 3 heterocycles. The summed E-state index contributed by atoms with van der Waals surface area (Å²) in [6.07, 6.45) is 1.89. The molecule has 0 aliphatic rings. The van der Waals surface area contributed by atoms with Crippen LogP contribution < -0.4 is 5.32 Å². The highest BCUT2D eigenvalue weighted by Crippen LogP contribution is 2.27. The normalized spacial score (nSPS) is 11.0. The molecule has 4 nitrogen and oxygen atoms in total. The number of hydrogen-bond donors (Lipinski definition) is 1. The molecule has 7 heteroatoms. The van der Waals surface area contributed by atoms with Gasteiger partial charge in [0, 0.05) is 11.6 Å². The molecule has 0 unspecified atom stereocenters. The van der Waals surface area contributed by atoms with Crippen LogP contribution in [0.5, 0.6) is 0 Å². The van der Waals surface area contributed by atoms with Gasteiger partial charge in [-0.2, -0.15) is 0 Å². The number of rotatable bonds is 3. The van der Waals surface area contributed by atoms with Crippen molar-refractivity contribution in [2.45, 2.75) is 0 Å². The van der Waals surface area contributed by atoms with Gasteiger partial charge in [-0.25, -0.2) is 4.98 Å². The fourth-order valence-electron chi connectivity index (χ4n) is 2.24. The Morgan fingerprint density at radius 1 is 1.17 bits per heavy atom. The first-order valence-electron chi connectivity index (χ1n) is 6.79. The van der Waals surface area contributed by atoms with E-state index in [1.165, 1.54) is 11.3 Å². The lowest BCUT2D eigenvalue weighted by molar-refractivity contribution is 0.102. The predicted molar refractivity (Wildman–Crippen MR) is 95.8 cm³/mol. The van der Waals surface area contributed by atoms with Gasteiger partial charge in [0.2, 0.25) is 0 Å². The second kappa shape index (κ2) is 5.81. The third-order valence-electron chi connectivity index (χ3n) is 3.34. The quantitative estimate of drug-likeness (QED) is 0.557. The van der Waals surface area contributed by atoms with Crippen molar-refractivity contribution < 1.29 is 4.79 Å². The monoisotopic (exact) mass is 359 g/mol. The van der Waals surface area contributed by atoms with E-state index >= 15 is 0 Å². The summed E-state index contributed by atoms with van der Waals surface area (Å²) in [6, 6.07) is 11.2. The Morgan fingerprint density at radius 3 is 2.83 bits per heavy atom. The summed E-state index contributed by atoms with van der Waals surface area (Å²) in [4.78, 5) is 19.0. The number of carbonyl (C=O) groups is 1. The van der Waals surface area contributed by atoms with Crippen LogP contribution in [0.4, 0.5) is 5.69 Å². The van der Waals surface area contributed by atoms with Gasteiger partial charge in [0.25, 0.3) is 5.91 Å². The molecule has 0 saturated carbocycles. The molecule has 0 saturated heterocycles. The zero-order valence-electron chi connectivity index (χ0n) is 11.7. The van der Waals surface area contributed by atoms with Crippen molar-refractivity contribution in [1.29, 1.82) is 0 Å². The molecular formula is C16H10ClN3OS2. The van der Waals surface area contributed by atoms with E-state index in [2.05, 4.69) is 10.3 Å². The fraction of sp³-hybridized carbons (Fsp3) is 0. The van der Waals surface area contributed by atoms with Crippen LogP contribution in [0.15, 0.2) is 53.4 Å². The van der Waals surface area contributed by atoms with E-state index in [-0.39, 0.29) is 5.91 Å². The number of aromatic nitrogens is 2. The van der Waals surface area contributed by atoms with Crippen molar-refractivity contribution in [3.63, 3.8) is 0 Å².